The minimum atomic E-state index is -0.0796. The van der Waals surface area contributed by atoms with Crippen LogP contribution >= 0.6 is 12.4 Å². The second-order valence-corrected chi connectivity index (χ2v) is 3.22. The summed E-state index contributed by atoms with van der Waals surface area (Å²) in [5, 5.41) is 3.20. The molecule has 0 saturated carbocycles. The normalized spacial score (nSPS) is 28.8. The van der Waals surface area contributed by atoms with Gasteiger partial charge in [0.15, 0.2) is 0 Å². The molecule has 72 valence electrons. The number of rotatable bonds is 1. The minimum Gasteiger partial charge on any atom is -0.469 e. The van der Waals surface area contributed by atoms with Gasteiger partial charge in [-0.25, -0.2) is 0 Å². The molecule has 1 heterocycles. The zero-order valence-electron chi connectivity index (χ0n) is 7.50. The fourth-order valence-electron chi connectivity index (χ4n) is 1.50. The zero-order chi connectivity index (χ0) is 8.27. The predicted molar refractivity (Wildman–Crippen MR) is 49.4 cm³/mol. The van der Waals surface area contributed by atoms with Crippen LogP contribution in [0.5, 0.6) is 0 Å². The maximum atomic E-state index is 11.1. The molecule has 1 aliphatic rings. The van der Waals surface area contributed by atoms with Crippen molar-refractivity contribution >= 4 is 18.4 Å². The number of carbonyl (C=O) groups is 1. The Morgan fingerprint density at radius 2 is 2.17 bits per heavy atom. The van der Waals surface area contributed by atoms with E-state index in [-0.39, 0.29) is 24.3 Å². The second kappa shape index (κ2) is 5.38. The number of methoxy groups -OCH3 is 1. The van der Waals surface area contributed by atoms with Gasteiger partial charge in [-0.15, -0.1) is 12.4 Å². The topological polar surface area (TPSA) is 38.3 Å². The van der Waals surface area contributed by atoms with E-state index in [4.69, 9.17) is 0 Å². The van der Waals surface area contributed by atoms with Crippen LogP contribution in [0, 0.1) is 11.8 Å². The molecule has 1 saturated heterocycles. The van der Waals surface area contributed by atoms with E-state index in [1.54, 1.807) is 0 Å². The van der Waals surface area contributed by atoms with Crippen molar-refractivity contribution in [2.24, 2.45) is 11.8 Å². The van der Waals surface area contributed by atoms with E-state index >= 15 is 0 Å². The summed E-state index contributed by atoms with van der Waals surface area (Å²) in [7, 11) is 1.45. The average Bonchev–Trinajstić information content (AvgIpc) is 2.03. The Bertz CT molecular complexity index is 152. The van der Waals surface area contributed by atoms with Crippen molar-refractivity contribution < 1.29 is 9.53 Å². The van der Waals surface area contributed by atoms with Crippen LogP contribution in [0.3, 0.4) is 0 Å². The third-order valence-electron chi connectivity index (χ3n) is 2.10. The molecule has 0 aliphatic carbocycles. The Kier molecular flexibility index (Phi) is 5.25. The molecule has 1 fully saturated rings. The summed E-state index contributed by atoms with van der Waals surface area (Å²) in [4.78, 5) is 11.1. The lowest BCUT2D eigenvalue weighted by atomic mass is 9.92. The van der Waals surface area contributed by atoms with E-state index in [2.05, 4.69) is 17.0 Å². The Morgan fingerprint density at radius 1 is 1.50 bits per heavy atom. The van der Waals surface area contributed by atoms with Crippen molar-refractivity contribution in [1.82, 2.24) is 5.32 Å². The molecule has 0 bridgehead atoms. The molecular formula is C8H16ClNO2. The number of piperidine rings is 1. The van der Waals surface area contributed by atoms with Crippen molar-refractivity contribution in [3.8, 4) is 0 Å². The molecule has 0 radical (unpaired) electrons. The van der Waals surface area contributed by atoms with Gasteiger partial charge in [0, 0.05) is 6.54 Å². The van der Waals surface area contributed by atoms with Gasteiger partial charge in [0.25, 0.3) is 0 Å². The standard InChI is InChI=1S/C8H15NO2.ClH/c1-6-3-7(5-9-4-6)8(10)11-2;/h6-7,9H,3-5H2,1-2H3;1H/t6-,7+;/m1./s1. The maximum absolute atomic E-state index is 11.1. The first-order valence-electron chi connectivity index (χ1n) is 4.02. The van der Waals surface area contributed by atoms with E-state index in [1.165, 1.54) is 7.11 Å². The molecule has 0 aromatic rings. The van der Waals surface area contributed by atoms with Crippen LogP contribution in [0.2, 0.25) is 0 Å². The highest BCUT2D eigenvalue weighted by Crippen LogP contribution is 2.16. The van der Waals surface area contributed by atoms with Gasteiger partial charge in [0.05, 0.1) is 13.0 Å². The Labute approximate surface area is 79.3 Å². The average molecular weight is 194 g/mol. The first-order valence-corrected chi connectivity index (χ1v) is 4.02. The molecule has 0 amide bonds. The highest BCUT2D eigenvalue weighted by Gasteiger charge is 2.24. The van der Waals surface area contributed by atoms with Gasteiger partial charge in [0.1, 0.15) is 0 Å². The highest BCUT2D eigenvalue weighted by atomic mass is 35.5. The largest absolute Gasteiger partial charge is 0.469 e. The van der Waals surface area contributed by atoms with Gasteiger partial charge in [-0.2, -0.15) is 0 Å². The van der Waals surface area contributed by atoms with Crippen LogP contribution in [0.1, 0.15) is 13.3 Å². The van der Waals surface area contributed by atoms with Gasteiger partial charge < -0.3 is 10.1 Å². The maximum Gasteiger partial charge on any atom is 0.309 e. The number of carbonyl (C=O) groups excluding carboxylic acids is 1. The van der Waals surface area contributed by atoms with E-state index in [0.717, 1.165) is 19.5 Å². The van der Waals surface area contributed by atoms with Crippen LogP contribution in [0.25, 0.3) is 0 Å². The van der Waals surface area contributed by atoms with E-state index < -0.39 is 0 Å². The van der Waals surface area contributed by atoms with E-state index in [9.17, 15) is 4.79 Å². The number of esters is 1. The molecule has 2 atom stereocenters. The van der Waals surface area contributed by atoms with Crippen LogP contribution < -0.4 is 5.32 Å². The predicted octanol–water partition coefficient (Wildman–Crippen LogP) is 0.827. The molecule has 0 aromatic carbocycles. The summed E-state index contributed by atoms with van der Waals surface area (Å²) < 4.78 is 4.66. The van der Waals surface area contributed by atoms with Crippen molar-refractivity contribution in [2.45, 2.75) is 13.3 Å². The van der Waals surface area contributed by atoms with Gasteiger partial charge >= 0.3 is 5.97 Å². The molecule has 4 heteroatoms. The summed E-state index contributed by atoms with van der Waals surface area (Å²) in [5.74, 6) is 0.584. The summed E-state index contributed by atoms with van der Waals surface area (Å²) in [6.45, 7) is 3.94. The smallest absolute Gasteiger partial charge is 0.309 e. The monoisotopic (exact) mass is 193 g/mol. The summed E-state index contributed by atoms with van der Waals surface area (Å²) in [6, 6.07) is 0. The SMILES string of the molecule is COC(=O)[C@@H]1CNC[C@H](C)C1.Cl. The molecule has 0 spiro atoms. The summed E-state index contributed by atoms with van der Waals surface area (Å²) in [5.41, 5.74) is 0. The number of halogens is 1. The highest BCUT2D eigenvalue weighted by molar-refractivity contribution is 5.85. The lowest BCUT2D eigenvalue weighted by Crippen LogP contribution is -2.39. The zero-order valence-corrected chi connectivity index (χ0v) is 8.32. The lowest BCUT2D eigenvalue weighted by Gasteiger charge is -2.25. The molecular weight excluding hydrogens is 178 g/mol. The molecule has 12 heavy (non-hydrogen) atoms. The summed E-state index contributed by atoms with van der Waals surface area (Å²) in [6.07, 6.45) is 0.958. The van der Waals surface area contributed by atoms with Crippen LogP contribution in [0.4, 0.5) is 0 Å². The van der Waals surface area contributed by atoms with Gasteiger partial charge in [-0.3, -0.25) is 4.79 Å². The Balaban J connectivity index is 0.00000121. The third-order valence-corrected chi connectivity index (χ3v) is 2.10. The Hall–Kier alpha value is -0.280. The van der Waals surface area contributed by atoms with Crippen molar-refractivity contribution in [1.29, 1.82) is 0 Å². The third kappa shape index (κ3) is 2.99. The Morgan fingerprint density at radius 3 is 2.67 bits per heavy atom. The van der Waals surface area contributed by atoms with Crippen LogP contribution in [0.15, 0.2) is 0 Å². The fraction of sp³-hybridized carbons (Fsp3) is 0.875. The van der Waals surface area contributed by atoms with Crippen LogP contribution in [-0.2, 0) is 9.53 Å². The summed E-state index contributed by atoms with van der Waals surface area (Å²) >= 11 is 0. The quantitative estimate of drug-likeness (QED) is 0.627. The molecule has 0 aromatic heterocycles. The molecule has 0 unspecified atom stereocenters. The van der Waals surface area contributed by atoms with E-state index in [0.29, 0.717) is 5.92 Å². The van der Waals surface area contributed by atoms with Crippen molar-refractivity contribution in [2.75, 3.05) is 20.2 Å². The minimum absolute atomic E-state index is 0. The number of ether oxygens (including phenoxy) is 1. The number of nitrogens with one attached hydrogen (secondary N) is 1. The van der Waals surface area contributed by atoms with Crippen molar-refractivity contribution in [3.63, 3.8) is 0 Å². The van der Waals surface area contributed by atoms with E-state index in [1.807, 2.05) is 0 Å². The van der Waals surface area contributed by atoms with Crippen molar-refractivity contribution in [3.05, 3.63) is 0 Å². The molecule has 1 rings (SSSR count). The second-order valence-electron chi connectivity index (χ2n) is 3.22. The molecule has 1 N–H and O–H groups in total. The first kappa shape index (κ1) is 11.7. The molecule has 1 aliphatic heterocycles. The molecule has 3 nitrogen and oxygen atoms in total. The van der Waals surface area contributed by atoms with Crippen LogP contribution in [-0.4, -0.2) is 26.2 Å². The first-order chi connectivity index (χ1) is 5.24. The lowest BCUT2D eigenvalue weighted by molar-refractivity contribution is -0.146. The van der Waals surface area contributed by atoms with Gasteiger partial charge in [-0.05, 0) is 18.9 Å². The number of hydrogen-bond donors (Lipinski definition) is 1. The fourth-order valence-corrected chi connectivity index (χ4v) is 1.50. The van der Waals surface area contributed by atoms with Gasteiger partial charge in [0.2, 0.25) is 0 Å². The number of hydrogen-bond acceptors (Lipinski definition) is 3. The van der Waals surface area contributed by atoms with Gasteiger partial charge in [-0.1, -0.05) is 6.92 Å².